The predicted molar refractivity (Wildman–Crippen MR) is 210 cm³/mol. The maximum Gasteiger partial charge on any atom is 0.363 e. The van der Waals surface area contributed by atoms with E-state index in [1.54, 1.807) is 30.9 Å². The van der Waals surface area contributed by atoms with Crippen LogP contribution in [0.5, 0.6) is 5.75 Å². The summed E-state index contributed by atoms with van der Waals surface area (Å²) in [6.07, 6.45) is 3.68. The third-order valence-electron chi connectivity index (χ3n) is 9.58. The molecular formula is C41H49N5O13. The molecule has 316 valence electrons. The molecule has 0 unspecified atom stereocenters. The van der Waals surface area contributed by atoms with Crippen LogP contribution in [-0.2, 0) is 28.8 Å². The van der Waals surface area contributed by atoms with Crippen molar-refractivity contribution in [2.45, 2.75) is 84.2 Å². The number of anilines is 1. The summed E-state index contributed by atoms with van der Waals surface area (Å²) in [4.78, 5) is 107. The van der Waals surface area contributed by atoms with Crippen LogP contribution in [0.15, 0.2) is 59.0 Å². The third kappa shape index (κ3) is 12.1. The number of hydrogen-bond acceptors (Lipinski definition) is 11. The van der Waals surface area contributed by atoms with Crippen molar-refractivity contribution in [1.82, 2.24) is 21.0 Å². The molecule has 5 amide bonds. The summed E-state index contributed by atoms with van der Waals surface area (Å²) < 4.78 is 11.3. The quantitative estimate of drug-likeness (QED) is 0.0391. The molecule has 0 saturated carbocycles. The van der Waals surface area contributed by atoms with E-state index in [9.17, 15) is 43.5 Å². The maximum absolute atomic E-state index is 13.6. The van der Waals surface area contributed by atoms with E-state index in [-0.39, 0.29) is 54.0 Å². The predicted octanol–water partition coefficient (Wildman–Crippen LogP) is 4.14. The van der Waals surface area contributed by atoms with Gasteiger partial charge in [0.15, 0.2) is 5.76 Å². The minimum absolute atomic E-state index is 0.000162. The molecule has 1 aromatic heterocycles. The fourth-order valence-electron chi connectivity index (χ4n) is 6.56. The van der Waals surface area contributed by atoms with Gasteiger partial charge in [-0.2, -0.15) is 5.06 Å². The van der Waals surface area contributed by atoms with Crippen LogP contribution in [0.2, 0.25) is 0 Å². The van der Waals surface area contributed by atoms with Crippen LogP contribution < -0.4 is 25.6 Å². The normalized spacial score (nSPS) is 13.7. The van der Waals surface area contributed by atoms with Crippen LogP contribution in [-0.4, -0.2) is 95.1 Å². The monoisotopic (exact) mass is 819 g/mol. The van der Waals surface area contributed by atoms with Crippen LogP contribution in [0.1, 0.15) is 103 Å². The first-order chi connectivity index (χ1) is 28.3. The van der Waals surface area contributed by atoms with Gasteiger partial charge in [-0.25, -0.2) is 9.59 Å². The number of furan rings is 1. The van der Waals surface area contributed by atoms with Crippen LogP contribution >= 0.6 is 0 Å². The second-order valence-corrected chi connectivity index (χ2v) is 13.6. The highest BCUT2D eigenvalue weighted by molar-refractivity contribution is 6.00. The van der Waals surface area contributed by atoms with Gasteiger partial charge in [0.05, 0.1) is 42.8 Å². The Bertz CT molecular complexity index is 2000. The number of hydroxylamine groups is 2. The molecule has 0 aliphatic carbocycles. The molecule has 0 spiro atoms. The Morgan fingerprint density at radius 1 is 0.949 bits per heavy atom. The van der Waals surface area contributed by atoms with E-state index >= 15 is 0 Å². The van der Waals surface area contributed by atoms with Gasteiger partial charge >= 0.3 is 17.9 Å². The summed E-state index contributed by atoms with van der Waals surface area (Å²) in [5.74, 6) is -6.42. The number of benzene rings is 2. The number of carbonyl (C=O) groups is 8. The van der Waals surface area contributed by atoms with Crippen LogP contribution in [0.4, 0.5) is 5.69 Å². The first-order valence-electron chi connectivity index (χ1n) is 19.4. The summed E-state index contributed by atoms with van der Waals surface area (Å²) in [5.41, 5.74) is 1.14. The van der Waals surface area contributed by atoms with E-state index in [0.29, 0.717) is 43.5 Å². The van der Waals surface area contributed by atoms with E-state index in [1.165, 1.54) is 42.5 Å². The maximum atomic E-state index is 13.6. The number of ether oxygens (including phenoxy) is 1. The number of nitrogens with one attached hydrogen (secondary N) is 3. The van der Waals surface area contributed by atoms with E-state index in [0.717, 1.165) is 24.3 Å². The number of carboxylic acid groups (broad SMARTS) is 2. The van der Waals surface area contributed by atoms with Crippen molar-refractivity contribution in [3.8, 4) is 17.1 Å². The lowest BCUT2D eigenvalue weighted by atomic mass is 9.90. The Hall–Kier alpha value is -6.72. The molecule has 1 aliphatic rings. The Morgan fingerprint density at radius 3 is 2.31 bits per heavy atom. The van der Waals surface area contributed by atoms with Gasteiger partial charge in [-0.05, 0) is 74.7 Å². The summed E-state index contributed by atoms with van der Waals surface area (Å²) in [7, 11) is 0. The number of amides is 5. The van der Waals surface area contributed by atoms with Crippen molar-refractivity contribution in [2.24, 2.45) is 5.92 Å². The second kappa shape index (κ2) is 21.7. The molecule has 18 nitrogen and oxygen atoms in total. The molecular weight excluding hydrogens is 770 g/mol. The molecule has 2 heterocycles. The van der Waals surface area contributed by atoms with Crippen molar-refractivity contribution in [1.29, 1.82) is 0 Å². The van der Waals surface area contributed by atoms with Crippen LogP contribution in [0.25, 0.3) is 11.3 Å². The molecule has 0 radical (unpaired) electrons. The first kappa shape index (κ1) is 45.0. The van der Waals surface area contributed by atoms with Gasteiger partial charge < -0.3 is 45.1 Å². The van der Waals surface area contributed by atoms with Crippen molar-refractivity contribution in [3.05, 3.63) is 71.5 Å². The zero-order valence-corrected chi connectivity index (χ0v) is 33.1. The van der Waals surface area contributed by atoms with Crippen LogP contribution in [0.3, 0.4) is 0 Å². The van der Waals surface area contributed by atoms with Crippen molar-refractivity contribution in [2.75, 3.05) is 24.7 Å². The lowest BCUT2D eigenvalue weighted by molar-refractivity contribution is -0.171. The summed E-state index contributed by atoms with van der Waals surface area (Å²) in [6.45, 7) is 5.84. The summed E-state index contributed by atoms with van der Waals surface area (Å²) in [5, 5.41) is 26.6. The van der Waals surface area contributed by atoms with Gasteiger partial charge in [-0.15, -0.1) is 0 Å². The molecule has 5 N–H and O–H groups in total. The minimum Gasteiger partial charge on any atom is -0.493 e. The highest BCUT2D eigenvalue weighted by Crippen LogP contribution is 2.30. The second-order valence-electron chi connectivity index (χ2n) is 13.6. The average Bonchev–Trinajstić information content (AvgIpc) is 3.89. The summed E-state index contributed by atoms with van der Waals surface area (Å²) >= 11 is 0. The lowest BCUT2D eigenvalue weighted by Gasteiger charge is -2.31. The Balaban J connectivity index is 1.39. The van der Waals surface area contributed by atoms with Gasteiger partial charge in [0.1, 0.15) is 17.6 Å². The first-order valence-corrected chi connectivity index (χ1v) is 19.4. The van der Waals surface area contributed by atoms with Gasteiger partial charge in [0.2, 0.25) is 18.2 Å². The molecule has 2 aromatic carbocycles. The van der Waals surface area contributed by atoms with Crippen LogP contribution in [0, 0.1) is 5.92 Å². The van der Waals surface area contributed by atoms with E-state index in [4.69, 9.17) is 19.1 Å². The molecule has 0 bridgehead atoms. The SMILES string of the molecule is CCCCC[C@@H](C(=O)NCNC(=O)c1ccc(-c2ccc(C(=O)N[C@@H](CC(=O)O)C(=O)O)c(OCC)c2)o1)[C@@H](CC)N(C=O)OC(=O)c1ccc(N2CCCC2=O)cc1. The number of carbonyl (C=O) groups excluding carboxylic acids is 6. The molecule has 4 rings (SSSR count). The smallest absolute Gasteiger partial charge is 0.363 e. The fourth-order valence-corrected chi connectivity index (χ4v) is 6.56. The fraction of sp³-hybridized carbons (Fsp3) is 0.415. The van der Waals surface area contributed by atoms with E-state index in [2.05, 4.69) is 16.0 Å². The van der Waals surface area contributed by atoms with Gasteiger partial charge in [-0.1, -0.05) is 39.2 Å². The third-order valence-corrected chi connectivity index (χ3v) is 9.58. The number of rotatable bonds is 23. The minimum atomic E-state index is -1.68. The largest absolute Gasteiger partial charge is 0.493 e. The molecule has 18 heteroatoms. The van der Waals surface area contributed by atoms with Crippen molar-refractivity contribution < 1.29 is 62.6 Å². The van der Waals surface area contributed by atoms with Gasteiger partial charge in [-0.3, -0.25) is 28.8 Å². The summed E-state index contributed by atoms with van der Waals surface area (Å²) in [6, 6.07) is 10.9. The molecule has 3 aromatic rings. The molecule has 59 heavy (non-hydrogen) atoms. The van der Waals surface area contributed by atoms with Crippen molar-refractivity contribution in [3.63, 3.8) is 0 Å². The Morgan fingerprint density at radius 2 is 1.69 bits per heavy atom. The standard InChI is InChI=1S/C41H49N5O13/c1-4-7-8-10-28(31(5-2)46(24-47)59-41(56)25-12-15-27(16-13-25)45-20-9-11-35(45)48)37(51)42-23-43-39(53)33-19-18-32(58-33)26-14-17-29(34(21-26)57-6-3)38(52)44-30(40(54)55)22-36(49)50/h12-19,21,24,28,30-31H,4-11,20,22-23H2,1-3H3,(H,42,51)(H,43,53)(H,44,52)(H,49,50)(H,54,55)/t28-,30+,31-/m1/s1. The molecule has 1 aliphatic heterocycles. The zero-order chi connectivity index (χ0) is 43.1. The molecule has 1 saturated heterocycles. The number of hydrogen-bond donors (Lipinski definition) is 5. The zero-order valence-electron chi connectivity index (χ0n) is 33.1. The highest BCUT2D eigenvalue weighted by Gasteiger charge is 2.34. The highest BCUT2D eigenvalue weighted by atomic mass is 16.7. The van der Waals surface area contributed by atoms with Crippen molar-refractivity contribution >= 4 is 53.6 Å². The Kier molecular flexibility index (Phi) is 16.6. The number of aliphatic carboxylic acids is 2. The molecule has 3 atom stereocenters. The number of carboxylic acids is 2. The molecule has 1 fully saturated rings. The Labute approximate surface area is 340 Å². The topological polar surface area (TPSA) is 251 Å². The lowest BCUT2D eigenvalue weighted by Crippen LogP contribution is -2.49. The van der Waals surface area contributed by atoms with Gasteiger partial charge in [0, 0.05) is 24.2 Å². The van der Waals surface area contributed by atoms with E-state index < -0.39 is 60.1 Å². The average molecular weight is 820 g/mol. The van der Waals surface area contributed by atoms with Gasteiger partial charge in [0.25, 0.3) is 11.8 Å². The van der Waals surface area contributed by atoms with E-state index in [1.807, 2.05) is 6.92 Å². The number of unbranched alkanes of at least 4 members (excludes halogenated alkanes) is 2. The number of nitrogens with zero attached hydrogens (tertiary/aromatic N) is 2.